The lowest BCUT2D eigenvalue weighted by molar-refractivity contribution is 0.141. The third-order valence-corrected chi connectivity index (χ3v) is 3.74. The lowest BCUT2D eigenvalue weighted by Crippen LogP contribution is -2.24. The number of hydrogen-bond acceptors (Lipinski definition) is 3. The van der Waals surface area contributed by atoms with Gasteiger partial charge >= 0.3 is 0 Å². The molecule has 1 aliphatic heterocycles. The van der Waals surface area contributed by atoms with Crippen molar-refractivity contribution in [3.05, 3.63) is 18.2 Å². The maximum atomic E-state index is 5.19. The molecule has 0 radical (unpaired) electrons. The summed E-state index contributed by atoms with van der Waals surface area (Å²) in [5.41, 5.74) is 1.57. The Kier molecular flexibility index (Phi) is 4.40. The summed E-state index contributed by atoms with van der Waals surface area (Å²) in [5.74, 6) is 0. The minimum Gasteiger partial charge on any atom is -0.385 e. The summed E-state index contributed by atoms with van der Waals surface area (Å²) in [6, 6.07) is 0.491. The minimum atomic E-state index is 0.240. The van der Waals surface area contributed by atoms with Crippen molar-refractivity contribution < 1.29 is 4.74 Å². The molecule has 1 aliphatic rings. The van der Waals surface area contributed by atoms with Gasteiger partial charge in [0, 0.05) is 32.5 Å². The zero-order chi connectivity index (χ0) is 13.0. The van der Waals surface area contributed by atoms with Crippen molar-refractivity contribution in [1.82, 2.24) is 14.9 Å². The number of rotatable bonds is 6. The SMILES string of the molecule is COCCC(C)(C)Cn1cncc1[C@@H]1CCCN1. The molecule has 18 heavy (non-hydrogen) atoms. The molecule has 0 aliphatic carbocycles. The fourth-order valence-electron chi connectivity index (χ4n) is 2.61. The van der Waals surface area contributed by atoms with Crippen LogP contribution in [0, 0.1) is 5.41 Å². The highest BCUT2D eigenvalue weighted by molar-refractivity contribution is 5.07. The number of aromatic nitrogens is 2. The quantitative estimate of drug-likeness (QED) is 0.843. The number of nitrogens with one attached hydrogen (secondary N) is 1. The summed E-state index contributed by atoms with van der Waals surface area (Å²) in [7, 11) is 1.77. The second-order valence-electron chi connectivity index (χ2n) is 6.00. The van der Waals surface area contributed by atoms with E-state index in [1.54, 1.807) is 7.11 Å². The molecule has 0 amide bonds. The number of ether oxygens (including phenoxy) is 1. The van der Waals surface area contributed by atoms with Crippen molar-refractivity contribution in [2.45, 2.75) is 45.7 Å². The Bertz CT molecular complexity index is 367. The molecule has 1 aromatic rings. The third kappa shape index (κ3) is 3.33. The molecule has 0 spiro atoms. The molecule has 4 nitrogen and oxygen atoms in total. The van der Waals surface area contributed by atoms with Crippen LogP contribution in [-0.2, 0) is 11.3 Å². The highest BCUT2D eigenvalue weighted by Crippen LogP contribution is 2.27. The van der Waals surface area contributed by atoms with Gasteiger partial charge in [0.05, 0.1) is 12.0 Å². The maximum Gasteiger partial charge on any atom is 0.0948 e. The van der Waals surface area contributed by atoms with E-state index < -0.39 is 0 Å². The second-order valence-corrected chi connectivity index (χ2v) is 6.00. The maximum absolute atomic E-state index is 5.19. The van der Waals surface area contributed by atoms with E-state index in [1.165, 1.54) is 18.5 Å². The number of hydrogen-bond donors (Lipinski definition) is 1. The zero-order valence-corrected chi connectivity index (χ0v) is 11.8. The molecule has 102 valence electrons. The Hall–Kier alpha value is -0.870. The van der Waals surface area contributed by atoms with E-state index in [2.05, 4.69) is 28.7 Å². The molecular weight excluding hydrogens is 226 g/mol. The van der Waals surface area contributed by atoms with Crippen molar-refractivity contribution in [2.24, 2.45) is 5.41 Å². The van der Waals surface area contributed by atoms with E-state index in [0.29, 0.717) is 6.04 Å². The van der Waals surface area contributed by atoms with Gasteiger partial charge < -0.3 is 14.6 Å². The van der Waals surface area contributed by atoms with Crippen molar-refractivity contribution in [2.75, 3.05) is 20.3 Å². The molecule has 2 rings (SSSR count). The molecule has 0 saturated carbocycles. The van der Waals surface area contributed by atoms with Crippen molar-refractivity contribution in [3.63, 3.8) is 0 Å². The van der Waals surface area contributed by atoms with Gasteiger partial charge in [-0.1, -0.05) is 13.8 Å². The topological polar surface area (TPSA) is 39.1 Å². The summed E-state index contributed by atoms with van der Waals surface area (Å²) in [6.07, 6.45) is 7.53. The number of nitrogens with zero attached hydrogens (tertiary/aromatic N) is 2. The monoisotopic (exact) mass is 251 g/mol. The Balaban J connectivity index is 2.02. The summed E-state index contributed by atoms with van der Waals surface area (Å²) in [4.78, 5) is 4.32. The molecule has 1 N–H and O–H groups in total. The van der Waals surface area contributed by atoms with Crippen LogP contribution in [0.25, 0.3) is 0 Å². The molecule has 0 bridgehead atoms. The summed E-state index contributed by atoms with van der Waals surface area (Å²) in [5, 5.41) is 3.54. The highest BCUT2D eigenvalue weighted by atomic mass is 16.5. The normalized spacial score (nSPS) is 20.5. The van der Waals surface area contributed by atoms with Gasteiger partial charge in [0.2, 0.25) is 0 Å². The predicted molar refractivity (Wildman–Crippen MR) is 72.5 cm³/mol. The summed E-state index contributed by atoms with van der Waals surface area (Å²) in [6.45, 7) is 7.53. The smallest absolute Gasteiger partial charge is 0.0948 e. The van der Waals surface area contributed by atoms with Gasteiger partial charge in [-0.25, -0.2) is 4.98 Å². The van der Waals surface area contributed by atoms with Crippen LogP contribution in [0.15, 0.2) is 12.5 Å². The number of imidazole rings is 1. The van der Waals surface area contributed by atoms with Crippen LogP contribution in [0.4, 0.5) is 0 Å². The molecule has 2 heterocycles. The van der Waals surface area contributed by atoms with E-state index in [4.69, 9.17) is 4.74 Å². The van der Waals surface area contributed by atoms with Crippen molar-refractivity contribution >= 4 is 0 Å². The van der Waals surface area contributed by atoms with E-state index in [-0.39, 0.29) is 5.41 Å². The van der Waals surface area contributed by atoms with Gasteiger partial charge in [0.25, 0.3) is 0 Å². The Labute approximate surface area is 110 Å². The van der Waals surface area contributed by atoms with Crippen LogP contribution in [0.1, 0.15) is 44.8 Å². The van der Waals surface area contributed by atoms with Crippen LogP contribution >= 0.6 is 0 Å². The van der Waals surface area contributed by atoms with Crippen molar-refractivity contribution in [3.8, 4) is 0 Å². The Morgan fingerprint density at radius 2 is 2.39 bits per heavy atom. The largest absolute Gasteiger partial charge is 0.385 e. The molecule has 4 heteroatoms. The minimum absolute atomic E-state index is 0.240. The van der Waals surface area contributed by atoms with Crippen LogP contribution in [-0.4, -0.2) is 29.8 Å². The lowest BCUT2D eigenvalue weighted by atomic mass is 9.89. The van der Waals surface area contributed by atoms with E-state index in [1.807, 2.05) is 12.5 Å². The summed E-state index contributed by atoms with van der Waals surface area (Å²) < 4.78 is 7.49. The van der Waals surface area contributed by atoms with Gasteiger partial charge in [-0.3, -0.25) is 0 Å². The first-order valence-electron chi connectivity index (χ1n) is 6.85. The molecule has 1 fully saturated rings. The lowest BCUT2D eigenvalue weighted by Gasteiger charge is -2.26. The van der Waals surface area contributed by atoms with E-state index in [9.17, 15) is 0 Å². The first-order chi connectivity index (χ1) is 8.62. The summed E-state index contributed by atoms with van der Waals surface area (Å²) >= 11 is 0. The predicted octanol–water partition coefficient (Wildman–Crippen LogP) is 2.37. The fraction of sp³-hybridized carbons (Fsp3) is 0.786. The zero-order valence-electron chi connectivity index (χ0n) is 11.8. The first kappa shape index (κ1) is 13.6. The van der Waals surface area contributed by atoms with Crippen LogP contribution in [0.3, 0.4) is 0 Å². The number of methoxy groups -OCH3 is 1. The molecule has 0 aromatic carbocycles. The molecule has 1 saturated heterocycles. The molecule has 1 atom stereocenters. The molecule has 0 unspecified atom stereocenters. The Morgan fingerprint density at radius 1 is 1.56 bits per heavy atom. The van der Waals surface area contributed by atoms with Gasteiger partial charge in [0.1, 0.15) is 0 Å². The van der Waals surface area contributed by atoms with Gasteiger partial charge in [0.15, 0.2) is 0 Å². The second kappa shape index (κ2) is 5.85. The Morgan fingerprint density at radius 3 is 3.06 bits per heavy atom. The standard InChI is InChI=1S/C14H25N3O/c1-14(2,6-8-18-3)10-17-11-15-9-13(17)12-5-4-7-16-12/h9,11-12,16H,4-8,10H2,1-3H3/t12-/m0/s1. The average Bonchev–Trinajstić information content (AvgIpc) is 2.95. The molecule has 1 aromatic heterocycles. The van der Waals surface area contributed by atoms with Gasteiger partial charge in [-0.15, -0.1) is 0 Å². The fourth-order valence-corrected chi connectivity index (χ4v) is 2.61. The van der Waals surface area contributed by atoms with Crippen molar-refractivity contribution in [1.29, 1.82) is 0 Å². The van der Waals surface area contributed by atoms with Crippen LogP contribution in [0.2, 0.25) is 0 Å². The third-order valence-electron chi connectivity index (χ3n) is 3.74. The van der Waals surface area contributed by atoms with Gasteiger partial charge in [-0.2, -0.15) is 0 Å². The van der Waals surface area contributed by atoms with Crippen LogP contribution < -0.4 is 5.32 Å². The first-order valence-corrected chi connectivity index (χ1v) is 6.85. The molecular formula is C14H25N3O. The van der Waals surface area contributed by atoms with E-state index in [0.717, 1.165) is 26.1 Å². The van der Waals surface area contributed by atoms with Crippen LogP contribution in [0.5, 0.6) is 0 Å². The average molecular weight is 251 g/mol. The highest BCUT2D eigenvalue weighted by Gasteiger charge is 2.24. The van der Waals surface area contributed by atoms with Gasteiger partial charge in [-0.05, 0) is 31.2 Å². The van der Waals surface area contributed by atoms with E-state index >= 15 is 0 Å².